The highest BCUT2D eigenvalue weighted by molar-refractivity contribution is 6.13. The van der Waals surface area contributed by atoms with Gasteiger partial charge in [0.2, 0.25) is 0 Å². The van der Waals surface area contributed by atoms with Crippen molar-refractivity contribution in [2.24, 2.45) is 0 Å². The molecule has 0 atom stereocenters. The van der Waals surface area contributed by atoms with Crippen molar-refractivity contribution in [3.05, 3.63) is 188 Å². The van der Waals surface area contributed by atoms with Gasteiger partial charge in [0.05, 0.1) is 5.69 Å². The number of para-hydroxylation sites is 2. The Kier molecular flexibility index (Phi) is 6.84. The summed E-state index contributed by atoms with van der Waals surface area (Å²) in [6.07, 6.45) is 0. The van der Waals surface area contributed by atoms with Crippen LogP contribution in [0.3, 0.4) is 0 Å². The van der Waals surface area contributed by atoms with Crippen LogP contribution in [0.15, 0.2) is 192 Å². The van der Waals surface area contributed by atoms with Gasteiger partial charge < -0.3 is 9.32 Å². The van der Waals surface area contributed by atoms with Crippen LogP contribution in [0.1, 0.15) is 0 Å². The summed E-state index contributed by atoms with van der Waals surface area (Å²) in [5, 5.41) is 4.62. The fourth-order valence-corrected chi connectivity index (χ4v) is 6.92. The third-order valence-corrected chi connectivity index (χ3v) is 9.28. The highest BCUT2D eigenvalue weighted by Gasteiger charge is 2.19. The lowest BCUT2D eigenvalue weighted by Crippen LogP contribution is -2.11. The van der Waals surface area contributed by atoms with Gasteiger partial charge in [0.25, 0.3) is 0 Å². The molecule has 8 aromatic carbocycles. The van der Waals surface area contributed by atoms with Crippen molar-refractivity contribution in [2.45, 2.75) is 0 Å². The number of benzene rings is 8. The minimum Gasteiger partial charge on any atom is -0.456 e. The highest BCUT2D eigenvalue weighted by Crippen LogP contribution is 2.44. The van der Waals surface area contributed by atoms with Crippen molar-refractivity contribution >= 4 is 49.8 Å². The quantitative estimate of drug-likeness (QED) is 0.185. The minimum atomic E-state index is 0.910. The van der Waals surface area contributed by atoms with E-state index in [0.29, 0.717) is 0 Å². The van der Waals surface area contributed by atoms with Crippen LogP contribution in [0.4, 0.5) is 17.1 Å². The molecule has 9 rings (SSSR count). The first-order valence-electron chi connectivity index (χ1n) is 16.3. The normalized spacial score (nSPS) is 11.3. The average molecular weight is 614 g/mol. The first kappa shape index (κ1) is 27.9. The molecule has 0 aliphatic rings. The minimum absolute atomic E-state index is 0.910. The first-order valence-corrected chi connectivity index (χ1v) is 16.3. The van der Waals surface area contributed by atoms with Crippen molar-refractivity contribution in [1.29, 1.82) is 0 Å². The van der Waals surface area contributed by atoms with Gasteiger partial charge in [0.1, 0.15) is 11.2 Å². The third kappa shape index (κ3) is 4.92. The average Bonchev–Trinajstić information content (AvgIpc) is 3.53. The molecule has 0 spiro atoms. The summed E-state index contributed by atoms with van der Waals surface area (Å²) in [6.45, 7) is 0. The number of anilines is 3. The van der Waals surface area contributed by atoms with Crippen molar-refractivity contribution in [1.82, 2.24) is 0 Å². The first-order chi connectivity index (χ1) is 23.8. The van der Waals surface area contributed by atoms with Crippen LogP contribution < -0.4 is 4.90 Å². The second-order valence-corrected chi connectivity index (χ2v) is 12.2. The fourth-order valence-electron chi connectivity index (χ4n) is 6.92. The van der Waals surface area contributed by atoms with Crippen LogP contribution >= 0.6 is 0 Å². The molecule has 0 saturated carbocycles. The zero-order chi connectivity index (χ0) is 31.9. The summed E-state index contributed by atoms with van der Waals surface area (Å²) in [5.41, 5.74) is 12.3. The van der Waals surface area contributed by atoms with E-state index < -0.39 is 0 Å². The zero-order valence-corrected chi connectivity index (χ0v) is 26.3. The molecule has 0 N–H and O–H groups in total. The Bertz CT molecular complexity index is 2450. The Morgan fingerprint density at radius 1 is 0.333 bits per heavy atom. The predicted octanol–water partition coefficient (Wildman–Crippen LogP) is 13.2. The largest absolute Gasteiger partial charge is 0.456 e. The molecule has 0 amide bonds. The van der Waals surface area contributed by atoms with Crippen molar-refractivity contribution < 1.29 is 4.42 Å². The molecular formula is C46H31NO. The Morgan fingerprint density at radius 3 is 1.54 bits per heavy atom. The van der Waals surface area contributed by atoms with Crippen LogP contribution in [-0.2, 0) is 0 Å². The monoisotopic (exact) mass is 613 g/mol. The molecule has 1 aromatic heterocycles. The van der Waals surface area contributed by atoms with Crippen molar-refractivity contribution in [3.8, 4) is 33.4 Å². The van der Waals surface area contributed by atoms with Gasteiger partial charge in [-0.3, -0.25) is 0 Å². The molecule has 48 heavy (non-hydrogen) atoms. The van der Waals surface area contributed by atoms with Gasteiger partial charge in [-0.25, -0.2) is 0 Å². The number of rotatable bonds is 6. The van der Waals surface area contributed by atoms with E-state index in [-0.39, 0.29) is 0 Å². The Balaban J connectivity index is 1.23. The van der Waals surface area contributed by atoms with Gasteiger partial charge in [-0.1, -0.05) is 140 Å². The maximum Gasteiger partial charge on any atom is 0.136 e. The second kappa shape index (κ2) is 11.8. The van der Waals surface area contributed by atoms with E-state index in [1.807, 2.05) is 12.1 Å². The van der Waals surface area contributed by atoms with Gasteiger partial charge in [-0.15, -0.1) is 0 Å². The van der Waals surface area contributed by atoms with E-state index in [2.05, 4.69) is 181 Å². The summed E-state index contributed by atoms with van der Waals surface area (Å²) in [5.74, 6) is 0. The van der Waals surface area contributed by atoms with E-state index in [9.17, 15) is 0 Å². The summed E-state index contributed by atoms with van der Waals surface area (Å²) in [4.78, 5) is 2.38. The predicted molar refractivity (Wildman–Crippen MR) is 202 cm³/mol. The summed E-state index contributed by atoms with van der Waals surface area (Å²) >= 11 is 0. The maximum atomic E-state index is 6.26. The van der Waals surface area contributed by atoms with Crippen molar-refractivity contribution in [3.63, 3.8) is 0 Å². The standard InChI is InChI=1S/C46H31NO/c1-3-12-32(13-4-1)34-22-26-37(27-23-34)47(38-28-24-35(25-29-38)33-14-5-2-6-15-33)44-20-9-7-17-40(44)39-19-11-16-36-30-46-43(31-42(36)39)41-18-8-10-21-45(41)48-46/h1-31H. The zero-order valence-electron chi connectivity index (χ0n) is 26.3. The summed E-state index contributed by atoms with van der Waals surface area (Å²) < 4.78 is 6.26. The molecule has 0 aliphatic heterocycles. The third-order valence-electron chi connectivity index (χ3n) is 9.28. The van der Waals surface area contributed by atoms with Gasteiger partial charge in [0.15, 0.2) is 0 Å². The van der Waals surface area contributed by atoms with Crippen LogP contribution in [0.2, 0.25) is 0 Å². The van der Waals surface area contributed by atoms with Gasteiger partial charge in [0, 0.05) is 27.7 Å². The highest BCUT2D eigenvalue weighted by atomic mass is 16.3. The molecule has 0 fully saturated rings. The fraction of sp³-hybridized carbons (Fsp3) is 0. The molecule has 0 aliphatic carbocycles. The molecule has 0 bridgehead atoms. The van der Waals surface area contributed by atoms with Crippen LogP contribution in [0.5, 0.6) is 0 Å². The molecule has 2 nitrogen and oxygen atoms in total. The van der Waals surface area contributed by atoms with E-state index in [1.54, 1.807) is 0 Å². The van der Waals surface area contributed by atoms with Gasteiger partial charge >= 0.3 is 0 Å². The number of hydrogen-bond donors (Lipinski definition) is 0. The summed E-state index contributed by atoms with van der Waals surface area (Å²) in [6, 6.07) is 67.0. The molecule has 9 aromatic rings. The Labute approximate surface area is 279 Å². The van der Waals surface area contributed by atoms with Crippen LogP contribution in [0.25, 0.3) is 66.1 Å². The number of nitrogens with zero attached hydrogens (tertiary/aromatic N) is 1. The van der Waals surface area contributed by atoms with Crippen LogP contribution in [-0.4, -0.2) is 0 Å². The molecule has 226 valence electrons. The second-order valence-electron chi connectivity index (χ2n) is 12.2. The molecule has 2 heteroatoms. The lowest BCUT2D eigenvalue weighted by atomic mass is 9.94. The smallest absolute Gasteiger partial charge is 0.136 e. The van der Waals surface area contributed by atoms with Crippen molar-refractivity contribution in [2.75, 3.05) is 4.90 Å². The van der Waals surface area contributed by atoms with Gasteiger partial charge in [-0.05, 0) is 87.1 Å². The molecule has 0 radical (unpaired) electrons. The molecular weight excluding hydrogens is 583 g/mol. The molecule has 1 heterocycles. The number of hydrogen-bond acceptors (Lipinski definition) is 2. The molecule has 0 unspecified atom stereocenters. The summed E-state index contributed by atoms with van der Waals surface area (Å²) in [7, 11) is 0. The van der Waals surface area contributed by atoms with Crippen LogP contribution in [0, 0.1) is 0 Å². The SMILES string of the molecule is c1ccc(-c2ccc(N(c3ccc(-c4ccccc4)cc3)c3ccccc3-c3cccc4cc5oc6ccccc6c5cc34)cc2)cc1. The van der Waals surface area contributed by atoms with Gasteiger partial charge in [-0.2, -0.15) is 0 Å². The lowest BCUT2D eigenvalue weighted by molar-refractivity contribution is 0.669. The molecule has 0 saturated heterocycles. The Morgan fingerprint density at radius 2 is 0.875 bits per heavy atom. The van der Waals surface area contributed by atoms with E-state index in [4.69, 9.17) is 4.42 Å². The maximum absolute atomic E-state index is 6.26. The topological polar surface area (TPSA) is 16.4 Å². The number of furan rings is 1. The van der Waals surface area contributed by atoms with E-state index in [0.717, 1.165) is 50.0 Å². The lowest BCUT2D eigenvalue weighted by Gasteiger charge is -2.28. The Hall–Kier alpha value is -6.38. The van der Waals surface area contributed by atoms with E-state index >= 15 is 0 Å². The number of fused-ring (bicyclic) bond motifs is 4. The van der Waals surface area contributed by atoms with E-state index in [1.165, 1.54) is 33.2 Å².